The maximum Gasteiger partial charge on any atom is 0.332 e. The molecule has 10 rings (SSSR count). The second-order valence-electron chi connectivity index (χ2n) is 23.4. The predicted octanol–water partition coefficient (Wildman–Crippen LogP) is 2.10. The number of hydrogen-bond acceptors (Lipinski definition) is 20. The Balaban J connectivity index is 0.000000321. The van der Waals surface area contributed by atoms with Crippen LogP contribution in [0.5, 0.6) is 0 Å². The molecule has 0 aliphatic rings. The molecule has 35 nitrogen and oxygen atoms in total. The maximum atomic E-state index is 13.0. The first-order valence-corrected chi connectivity index (χ1v) is 31.8. The molecule has 10 aromatic rings. The van der Waals surface area contributed by atoms with Gasteiger partial charge in [0.25, 0.3) is 27.8 Å². The van der Waals surface area contributed by atoms with E-state index in [1.54, 1.807) is 37.1 Å². The van der Waals surface area contributed by atoms with Crippen molar-refractivity contribution in [2.75, 3.05) is 0 Å². The molecule has 10 aromatic heterocycles. The second-order valence-corrected chi connectivity index (χ2v) is 23.4. The van der Waals surface area contributed by atoms with E-state index in [1.807, 2.05) is 0 Å². The molecule has 106 heavy (non-hydrogen) atoms. The largest absolute Gasteiger partial charge is 0.393 e. The molecule has 0 aliphatic carbocycles. The van der Waals surface area contributed by atoms with Crippen LogP contribution in [-0.2, 0) is 103 Å². The number of fused-ring (bicyclic) bond motifs is 5. The molecule has 0 amide bonds. The number of imidazole rings is 5. The molecule has 10 heterocycles. The third-order valence-electron chi connectivity index (χ3n) is 16.2. The van der Waals surface area contributed by atoms with Crippen LogP contribution in [0.4, 0.5) is 0 Å². The summed E-state index contributed by atoms with van der Waals surface area (Å²) in [6.45, 7) is -21.5. The fraction of sp³-hybridized carbons (Fsp3) is 0.648. The number of aryl methyl sites for hydroxylation is 15. The van der Waals surface area contributed by atoms with E-state index < -0.39 is 231 Å². The zero-order valence-electron chi connectivity index (χ0n) is 99.0. The molecule has 0 radical (unpaired) electrons. The molecule has 0 saturated heterocycles. The molecule has 0 aliphatic heterocycles. The third-order valence-corrected chi connectivity index (χ3v) is 16.2. The van der Waals surface area contributed by atoms with E-state index in [9.17, 15) is 73.5 Å². The lowest BCUT2D eigenvalue weighted by Gasteiger charge is -2.09. The molecule has 5 N–H and O–H groups in total. The minimum absolute atomic E-state index is 0. The molecule has 588 valence electrons. The maximum absolute atomic E-state index is 13.0. The van der Waals surface area contributed by atoms with Crippen molar-refractivity contribution < 1.29 is 80.4 Å². The van der Waals surface area contributed by atoms with Crippen LogP contribution in [0.3, 0.4) is 0 Å². The van der Waals surface area contributed by atoms with Crippen LogP contribution in [0.1, 0.15) is 222 Å². The van der Waals surface area contributed by atoms with Gasteiger partial charge in [0, 0.05) is 154 Å². The summed E-state index contributed by atoms with van der Waals surface area (Å²) >= 11 is 0. The lowest BCUT2D eigenvalue weighted by molar-refractivity contribution is 0.179. The van der Waals surface area contributed by atoms with Crippen LogP contribution in [0.15, 0.2) is 47.9 Å². The van der Waals surface area contributed by atoms with E-state index in [0.29, 0.717) is 25.4 Å². The normalized spacial score (nSPS) is 21.1. The summed E-state index contributed by atoms with van der Waals surface area (Å²) in [5.41, 5.74) is -9.48. The predicted molar refractivity (Wildman–Crippen MR) is 409 cm³/mol. The van der Waals surface area contributed by atoms with Crippen LogP contribution < -0.4 is 56.2 Å². The Bertz CT molecular complexity index is 7140. The minimum atomic E-state index is -3.50. The van der Waals surface area contributed by atoms with E-state index in [1.165, 1.54) is 58.1 Å². The molecule has 35 heteroatoms. The highest BCUT2D eigenvalue weighted by molar-refractivity contribution is 5.73. The number of nitrogens with zero attached hydrogens (tertiary/aromatic N) is 20. The van der Waals surface area contributed by atoms with Crippen LogP contribution in [-0.4, -0.2) is 149 Å². The highest BCUT2D eigenvalue weighted by Crippen LogP contribution is 2.15. The van der Waals surface area contributed by atoms with Crippen molar-refractivity contribution in [3.8, 4) is 0 Å². The van der Waals surface area contributed by atoms with E-state index in [2.05, 4.69) is 24.9 Å². The van der Waals surface area contributed by atoms with Crippen molar-refractivity contribution in [1.82, 2.24) is 93.4 Å². The fourth-order valence-electron chi connectivity index (χ4n) is 10.5. The van der Waals surface area contributed by atoms with E-state index >= 15 is 0 Å². The first-order chi connectivity index (χ1) is 64.8. The smallest absolute Gasteiger partial charge is 0.332 e. The number of hydrogen-bond donors (Lipinski definition) is 5. The number of rotatable bonds is 25. The average Bonchev–Trinajstić information content (AvgIpc) is 1.58. The van der Waals surface area contributed by atoms with Gasteiger partial charge in [0.2, 0.25) is 0 Å². The van der Waals surface area contributed by atoms with Crippen molar-refractivity contribution in [2.24, 2.45) is 70.2 Å². The van der Waals surface area contributed by atoms with Crippen molar-refractivity contribution in [3.63, 3.8) is 0 Å². The first-order valence-electron chi connectivity index (χ1n) is 51.8. The summed E-state index contributed by atoms with van der Waals surface area (Å²) in [7, 11) is 8.87. The SMILES string of the molecule is C.[2H]C([2H])([2H])[C@H](O)C([2H])([2H])CCCn1c(=O)c2c(nc(C)n2C([2H])([2H])[2H])n(C)c1=O.[2H]C([2H])([2H])[C@H](O)C([2H])([2H])CCCn1c(=O)c2c(nc(C)n2C)n(C)c1=O.[2H]C([2H])([2H])[C@]([2H])(O)C([2H])([2H])CCCn1c(=O)c2c(nc(C)n2C)n(C)c1=O.[2H]C([2H])([2H])n1c(C)nc2c1c(=O)n(CCCC([2H])([2H])[C@@]([2H])(O)C([2H])([2H])[2H])c(=O)n2C.[2H]C([2H])([2H])n1c(C)nc2c1c(=O)n(CCCC([2H])([2H])[C@@]([2H])(O)C([2H])([2H])[2H])c(=O)n2C([2H])([2H])[2H]. The molecule has 0 saturated carbocycles. The van der Waals surface area contributed by atoms with E-state index in [0.717, 1.165) is 32.0 Å². The second kappa shape index (κ2) is 37.7. The fourth-order valence-corrected chi connectivity index (χ4v) is 10.5. The molecular weight excluding hydrogens is 1370 g/mol. The van der Waals surface area contributed by atoms with Crippen molar-refractivity contribution in [3.05, 3.63) is 133 Å². The highest BCUT2D eigenvalue weighted by Gasteiger charge is 2.22. The molecule has 0 bridgehead atoms. The van der Waals surface area contributed by atoms with Crippen LogP contribution in [0.2, 0.25) is 0 Å². The van der Waals surface area contributed by atoms with Gasteiger partial charge in [-0.3, -0.25) is 69.6 Å². The Kier molecular flexibility index (Phi) is 15.9. The minimum Gasteiger partial charge on any atom is -0.393 e. The van der Waals surface area contributed by atoms with Crippen molar-refractivity contribution in [2.45, 2.75) is 236 Å². The molecule has 0 fully saturated rings. The van der Waals surface area contributed by atoms with Gasteiger partial charge in [-0.1, -0.05) is 7.43 Å². The summed E-state index contributed by atoms with van der Waals surface area (Å²) in [5, 5.41) is 48.8. The summed E-state index contributed by atoms with van der Waals surface area (Å²) in [6.07, 6.45) is -31.7. The molecule has 0 unspecified atom stereocenters. The van der Waals surface area contributed by atoms with Gasteiger partial charge in [-0.15, -0.1) is 0 Å². The Morgan fingerprint density at radius 3 is 0.717 bits per heavy atom. The van der Waals surface area contributed by atoms with Crippen molar-refractivity contribution in [1.29, 1.82) is 0 Å². The molecular formula is C71H114N20O15. The summed E-state index contributed by atoms with van der Waals surface area (Å²) in [5.74, 6) is 0.903. The topological polar surface area (TPSA) is 410 Å². The van der Waals surface area contributed by atoms with E-state index in [-0.39, 0.29) is 132 Å². The van der Waals surface area contributed by atoms with Crippen LogP contribution in [0.25, 0.3) is 55.8 Å². The van der Waals surface area contributed by atoms with Gasteiger partial charge in [-0.25, -0.2) is 48.9 Å². The zero-order valence-corrected chi connectivity index (χ0v) is 59.0. The van der Waals surface area contributed by atoms with Gasteiger partial charge < -0.3 is 48.4 Å². The Hall–Kier alpha value is -9.45. The average molecular weight is 1530 g/mol. The van der Waals surface area contributed by atoms with Crippen LogP contribution in [0, 0.1) is 34.6 Å². The van der Waals surface area contributed by atoms with Gasteiger partial charge in [0.05, 0.1) is 34.6 Å². The molecule has 0 spiro atoms. The molecule has 0 aromatic carbocycles. The standard InChI is InChI=1S/5C14H22N4O3.CH4/c5*1-9(19)7-5-6-8-18-13(20)11-12(17(4)14(18)21)15-10(2)16(11)3;/h5*9,19H,5-8H2,1-4H3;1H4/t5*9-;/m00000./s1/i1D3,3D3,4D3,7D2,9D;1D3,3D3,7D2,9D;1D3,7D2,9D;1D3,3D3,7D2;1D3,7D2;. The van der Waals surface area contributed by atoms with Crippen LogP contribution >= 0.6 is 0 Å². The summed E-state index contributed by atoms with van der Waals surface area (Å²) in [6, 6.07) is 0. The van der Waals surface area contributed by atoms with Gasteiger partial charge >= 0.3 is 28.4 Å². The quantitative estimate of drug-likeness (QED) is 0.0547. The number of aliphatic hydroxyl groups excluding tert-OH is 2. The monoisotopic (exact) mass is 1530 g/mol. The summed E-state index contributed by atoms with van der Waals surface area (Å²) in [4.78, 5) is 147. The van der Waals surface area contributed by atoms with Gasteiger partial charge in [-0.05, 0) is 165 Å². The van der Waals surface area contributed by atoms with Gasteiger partial charge in [-0.2, -0.15) is 0 Å². The Morgan fingerprint density at radius 1 is 0.302 bits per heavy atom. The first kappa shape index (κ1) is 44.6. The lowest BCUT2D eigenvalue weighted by atomic mass is 10.2. The summed E-state index contributed by atoms with van der Waals surface area (Å²) < 4.78 is 312. The molecule has 5 atom stereocenters. The highest BCUT2D eigenvalue weighted by atomic mass is 16.3. The van der Waals surface area contributed by atoms with Gasteiger partial charge in [0.1, 0.15) is 29.1 Å². The number of aromatic nitrogens is 20. The zero-order chi connectivity index (χ0) is 113. The Morgan fingerprint density at radius 2 is 0.500 bits per heavy atom. The third kappa shape index (κ3) is 19.6. The van der Waals surface area contributed by atoms with Crippen molar-refractivity contribution >= 4 is 55.8 Å². The van der Waals surface area contributed by atoms with E-state index in [4.69, 9.17) is 54.8 Å². The Labute approximate surface area is 668 Å². The number of aliphatic hydroxyl groups is 5. The van der Waals surface area contributed by atoms with Gasteiger partial charge in [0.15, 0.2) is 55.8 Å². The lowest BCUT2D eigenvalue weighted by Crippen LogP contribution is -2.39.